The quantitative estimate of drug-likeness (QED) is 0.431. The van der Waals surface area contributed by atoms with Crippen LogP contribution >= 0.6 is 0 Å². The minimum absolute atomic E-state index is 0.138. The lowest BCUT2D eigenvalue weighted by Gasteiger charge is -2.34. The van der Waals surface area contributed by atoms with Gasteiger partial charge in [-0.1, -0.05) is 72.8 Å². The maximum atomic E-state index is 13.9. The number of aromatic amines is 1. The van der Waals surface area contributed by atoms with E-state index in [0.717, 1.165) is 22.4 Å². The van der Waals surface area contributed by atoms with Crippen molar-refractivity contribution in [2.45, 2.75) is 5.41 Å². The van der Waals surface area contributed by atoms with E-state index in [1.165, 1.54) is 0 Å². The van der Waals surface area contributed by atoms with E-state index in [9.17, 15) is 9.59 Å². The van der Waals surface area contributed by atoms with Gasteiger partial charge in [0.05, 0.1) is 11.4 Å². The molecule has 3 heterocycles. The fourth-order valence-corrected chi connectivity index (χ4v) is 5.38. The van der Waals surface area contributed by atoms with Crippen molar-refractivity contribution in [1.82, 2.24) is 10.2 Å². The lowest BCUT2D eigenvalue weighted by Crippen LogP contribution is -2.43. The number of rotatable bonds is 1. The Morgan fingerprint density at radius 2 is 1.47 bits per heavy atom. The van der Waals surface area contributed by atoms with Gasteiger partial charge < -0.3 is 10.6 Å². The fourth-order valence-electron chi connectivity index (χ4n) is 5.38. The molecule has 4 aromatic rings. The van der Waals surface area contributed by atoms with Crippen LogP contribution in [0.15, 0.2) is 84.4 Å². The van der Waals surface area contributed by atoms with Crippen LogP contribution in [0.4, 0.5) is 11.5 Å². The number of Topliss-reactive ketones (excluding diaryl/α,β-unsaturated/α-hetero) is 1. The summed E-state index contributed by atoms with van der Waals surface area (Å²) in [5, 5.41) is 14.1. The molecule has 6 heteroatoms. The van der Waals surface area contributed by atoms with E-state index in [2.05, 4.69) is 20.8 Å². The molecule has 2 aliphatic heterocycles. The van der Waals surface area contributed by atoms with E-state index in [0.29, 0.717) is 33.9 Å². The molecule has 0 fully saturated rings. The van der Waals surface area contributed by atoms with Gasteiger partial charge >= 0.3 is 0 Å². The van der Waals surface area contributed by atoms with Crippen LogP contribution in [-0.4, -0.2) is 21.9 Å². The van der Waals surface area contributed by atoms with E-state index in [4.69, 9.17) is 0 Å². The van der Waals surface area contributed by atoms with Crippen LogP contribution in [0.2, 0.25) is 0 Å². The lowest BCUT2D eigenvalue weighted by atomic mass is 9.66. The molecule has 32 heavy (non-hydrogen) atoms. The highest BCUT2D eigenvalue weighted by atomic mass is 16.2. The second-order valence-corrected chi connectivity index (χ2v) is 8.19. The van der Waals surface area contributed by atoms with Crippen LogP contribution < -0.4 is 10.6 Å². The number of aromatic nitrogens is 2. The number of fused-ring (bicyclic) bond motifs is 7. The topological polar surface area (TPSA) is 86.9 Å². The second kappa shape index (κ2) is 5.82. The number of anilines is 2. The predicted octanol–water partition coefficient (Wildman–Crippen LogP) is 4.35. The highest BCUT2D eigenvalue weighted by molar-refractivity contribution is 6.31. The molecule has 0 saturated carbocycles. The van der Waals surface area contributed by atoms with Gasteiger partial charge in [0.15, 0.2) is 11.6 Å². The number of nitrogens with zero attached hydrogens (tertiary/aromatic N) is 1. The van der Waals surface area contributed by atoms with Gasteiger partial charge in [0, 0.05) is 33.5 Å². The summed E-state index contributed by atoms with van der Waals surface area (Å²) in [7, 11) is 0. The van der Waals surface area contributed by atoms with E-state index >= 15 is 0 Å². The zero-order chi connectivity index (χ0) is 21.4. The minimum atomic E-state index is -1.30. The molecule has 1 spiro atoms. The summed E-state index contributed by atoms with van der Waals surface area (Å²) in [5.74, 6) is 0.175. The SMILES string of the molecule is O=C1C2=C(Nc3n[nH]c(-c4ccccc4)c3[C@]23C(=O)Nc2ccccc23)c2ccccc21. The van der Waals surface area contributed by atoms with Gasteiger partial charge in [0.2, 0.25) is 5.91 Å². The first-order valence-electron chi connectivity index (χ1n) is 10.4. The summed E-state index contributed by atoms with van der Waals surface area (Å²) in [6.45, 7) is 0. The van der Waals surface area contributed by atoms with Crippen molar-refractivity contribution in [3.63, 3.8) is 0 Å². The van der Waals surface area contributed by atoms with E-state index in [1.54, 1.807) is 0 Å². The summed E-state index contributed by atoms with van der Waals surface area (Å²) in [6, 6.07) is 24.8. The van der Waals surface area contributed by atoms with Crippen molar-refractivity contribution in [3.05, 3.63) is 107 Å². The summed E-state index contributed by atoms with van der Waals surface area (Å²) >= 11 is 0. The Morgan fingerprint density at radius 1 is 0.750 bits per heavy atom. The number of hydrogen-bond acceptors (Lipinski definition) is 4. The summed E-state index contributed by atoms with van der Waals surface area (Å²) in [4.78, 5) is 27.7. The number of H-pyrrole nitrogens is 1. The Hall–Kier alpha value is -4.45. The molecule has 1 atom stereocenters. The predicted molar refractivity (Wildman–Crippen MR) is 121 cm³/mol. The van der Waals surface area contributed by atoms with Gasteiger partial charge in [-0.3, -0.25) is 14.7 Å². The normalized spacial score (nSPS) is 19.9. The number of amides is 1. The maximum Gasteiger partial charge on any atom is 0.244 e. The zero-order valence-electron chi connectivity index (χ0n) is 16.8. The van der Waals surface area contributed by atoms with Crippen LogP contribution in [0.3, 0.4) is 0 Å². The summed E-state index contributed by atoms with van der Waals surface area (Å²) in [6.07, 6.45) is 0. The molecule has 0 unspecified atom stereocenters. The standard InChI is InChI=1S/C26H16N4O2/c31-23-16-11-5-4-10-15(16)22-19(23)26(17-12-6-7-13-18(17)27-25(26)32)20-21(29-30-24(20)28-22)14-8-2-1-3-9-14/h1-13H,(H,27,32)(H2,28,29,30)/t26-/m1/s1. The molecule has 152 valence electrons. The van der Waals surface area contributed by atoms with Crippen LogP contribution in [-0.2, 0) is 10.2 Å². The molecular weight excluding hydrogens is 400 g/mol. The maximum absolute atomic E-state index is 13.9. The monoisotopic (exact) mass is 416 g/mol. The molecule has 3 N–H and O–H groups in total. The highest BCUT2D eigenvalue weighted by Crippen LogP contribution is 2.58. The fraction of sp³-hybridized carbons (Fsp3) is 0.0385. The molecular formula is C26H16N4O2. The highest BCUT2D eigenvalue weighted by Gasteiger charge is 2.60. The minimum Gasteiger partial charge on any atom is -0.338 e. The van der Waals surface area contributed by atoms with Crippen LogP contribution in [0.5, 0.6) is 0 Å². The van der Waals surface area contributed by atoms with Gasteiger partial charge in [-0.15, -0.1) is 0 Å². The molecule has 3 aromatic carbocycles. The molecule has 3 aliphatic rings. The van der Waals surface area contributed by atoms with Gasteiger partial charge in [-0.25, -0.2) is 0 Å². The van der Waals surface area contributed by atoms with E-state index < -0.39 is 5.41 Å². The smallest absolute Gasteiger partial charge is 0.244 e. The molecule has 7 rings (SSSR count). The number of para-hydroxylation sites is 1. The summed E-state index contributed by atoms with van der Waals surface area (Å²) < 4.78 is 0. The third-order valence-electron chi connectivity index (χ3n) is 6.66. The molecule has 1 aromatic heterocycles. The van der Waals surface area contributed by atoms with Crippen molar-refractivity contribution in [2.24, 2.45) is 0 Å². The van der Waals surface area contributed by atoms with Crippen molar-refractivity contribution in [1.29, 1.82) is 0 Å². The summed E-state index contributed by atoms with van der Waals surface area (Å²) in [5.41, 5.74) is 4.94. The lowest BCUT2D eigenvalue weighted by molar-refractivity contribution is -0.118. The Kier molecular flexibility index (Phi) is 3.14. The third kappa shape index (κ3) is 1.88. The Bertz CT molecular complexity index is 1520. The van der Waals surface area contributed by atoms with Gasteiger partial charge in [-0.05, 0) is 11.6 Å². The van der Waals surface area contributed by atoms with E-state index in [1.807, 2.05) is 78.9 Å². The number of ketones is 1. The number of nitrogens with one attached hydrogen (secondary N) is 3. The van der Waals surface area contributed by atoms with Gasteiger partial charge in [0.1, 0.15) is 5.41 Å². The second-order valence-electron chi connectivity index (χ2n) is 8.19. The van der Waals surface area contributed by atoms with E-state index in [-0.39, 0.29) is 11.7 Å². The van der Waals surface area contributed by atoms with Crippen molar-refractivity contribution < 1.29 is 9.59 Å². The Morgan fingerprint density at radius 3 is 2.31 bits per heavy atom. The molecule has 0 bridgehead atoms. The molecule has 6 nitrogen and oxygen atoms in total. The van der Waals surface area contributed by atoms with Gasteiger partial charge in [-0.2, -0.15) is 5.10 Å². The van der Waals surface area contributed by atoms with Crippen LogP contribution in [0, 0.1) is 0 Å². The first kappa shape index (κ1) is 17.3. The molecule has 1 amide bonds. The van der Waals surface area contributed by atoms with Gasteiger partial charge in [0.25, 0.3) is 0 Å². The first-order chi connectivity index (χ1) is 15.7. The third-order valence-corrected chi connectivity index (χ3v) is 6.66. The molecule has 0 saturated heterocycles. The first-order valence-corrected chi connectivity index (χ1v) is 10.4. The number of carbonyl (C=O) groups excluding carboxylic acids is 2. The molecule has 1 aliphatic carbocycles. The molecule has 0 radical (unpaired) electrons. The Labute approximate surface area is 183 Å². The van der Waals surface area contributed by atoms with Crippen LogP contribution in [0.25, 0.3) is 17.0 Å². The largest absolute Gasteiger partial charge is 0.338 e. The average molecular weight is 416 g/mol. The Balaban J connectivity index is 1.63. The van der Waals surface area contributed by atoms with Crippen LogP contribution in [0.1, 0.15) is 27.0 Å². The van der Waals surface area contributed by atoms with Crippen molar-refractivity contribution in [3.8, 4) is 11.3 Å². The number of benzene rings is 3. The van der Waals surface area contributed by atoms with Crippen molar-refractivity contribution >= 4 is 28.9 Å². The number of hydrogen-bond donors (Lipinski definition) is 3. The zero-order valence-corrected chi connectivity index (χ0v) is 16.8. The average Bonchev–Trinajstić information content (AvgIpc) is 3.47. The number of carbonyl (C=O) groups is 2. The van der Waals surface area contributed by atoms with Crippen molar-refractivity contribution in [2.75, 3.05) is 10.6 Å².